The third-order valence-electron chi connectivity index (χ3n) is 2.33. The van der Waals surface area contributed by atoms with Crippen LogP contribution >= 0.6 is 11.3 Å². The summed E-state index contributed by atoms with van der Waals surface area (Å²) in [7, 11) is -0.156. The summed E-state index contributed by atoms with van der Waals surface area (Å²) in [5.74, 6) is 0.604. The lowest BCUT2D eigenvalue weighted by Gasteiger charge is -2.14. The molecule has 0 unspecified atom stereocenters. The number of aromatic nitrogens is 3. The van der Waals surface area contributed by atoms with Crippen LogP contribution in [0.25, 0.3) is 0 Å². The first-order chi connectivity index (χ1) is 8.01. The van der Waals surface area contributed by atoms with Crippen LogP contribution in [0.15, 0.2) is 28.0 Å². The van der Waals surface area contributed by atoms with Gasteiger partial charge in [0.15, 0.2) is 0 Å². The van der Waals surface area contributed by atoms with Gasteiger partial charge in [0.05, 0.1) is 6.54 Å². The van der Waals surface area contributed by atoms with Gasteiger partial charge in [-0.05, 0) is 11.4 Å². The standard InChI is InChI=1S/C9H12N4O2S2/c1-12(6-8-10-7-11-13(8)2)17(14,15)9-4-3-5-16-9/h3-5,7H,6H2,1-2H3. The molecule has 8 heteroatoms. The highest BCUT2D eigenvalue weighted by atomic mass is 32.2. The molecule has 0 aliphatic rings. The largest absolute Gasteiger partial charge is 0.252 e. The van der Waals surface area contributed by atoms with Gasteiger partial charge in [-0.25, -0.2) is 13.4 Å². The molecule has 2 heterocycles. The zero-order chi connectivity index (χ0) is 12.5. The van der Waals surface area contributed by atoms with Gasteiger partial charge < -0.3 is 0 Å². The molecule has 0 spiro atoms. The molecule has 0 amide bonds. The van der Waals surface area contributed by atoms with Crippen LogP contribution in [0, 0.1) is 0 Å². The minimum absolute atomic E-state index is 0.205. The van der Waals surface area contributed by atoms with Gasteiger partial charge in [-0.15, -0.1) is 11.3 Å². The summed E-state index contributed by atoms with van der Waals surface area (Å²) in [6.45, 7) is 0.205. The molecule has 2 rings (SSSR count). The molecule has 92 valence electrons. The maximum Gasteiger partial charge on any atom is 0.252 e. The first-order valence-corrected chi connectivity index (χ1v) is 7.16. The van der Waals surface area contributed by atoms with Crippen LogP contribution in [0.3, 0.4) is 0 Å². The zero-order valence-corrected chi connectivity index (χ0v) is 11.1. The molecular formula is C9H12N4O2S2. The second-order valence-corrected chi connectivity index (χ2v) is 6.71. The Bertz CT molecular complexity index is 588. The lowest BCUT2D eigenvalue weighted by molar-refractivity contribution is 0.449. The first kappa shape index (κ1) is 12.2. The van der Waals surface area contributed by atoms with Crippen molar-refractivity contribution in [2.24, 2.45) is 7.05 Å². The van der Waals surface area contributed by atoms with Crippen LogP contribution in [0.1, 0.15) is 5.82 Å². The van der Waals surface area contributed by atoms with Crippen LogP contribution in [0.5, 0.6) is 0 Å². The Morgan fingerprint density at radius 2 is 2.29 bits per heavy atom. The van der Waals surface area contributed by atoms with Gasteiger partial charge in [0.2, 0.25) is 0 Å². The van der Waals surface area contributed by atoms with E-state index in [1.807, 2.05) is 0 Å². The maximum atomic E-state index is 12.1. The van der Waals surface area contributed by atoms with Gasteiger partial charge in [0.1, 0.15) is 16.4 Å². The van der Waals surface area contributed by atoms with Crippen molar-refractivity contribution in [2.75, 3.05) is 7.05 Å². The number of thiophene rings is 1. The normalized spacial score (nSPS) is 12.2. The number of sulfonamides is 1. The quantitative estimate of drug-likeness (QED) is 0.821. The van der Waals surface area contributed by atoms with E-state index in [0.717, 1.165) is 0 Å². The van der Waals surface area contributed by atoms with E-state index < -0.39 is 10.0 Å². The van der Waals surface area contributed by atoms with Crippen molar-refractivity contribution in [3.05, 3.63) is 29.7 Å². The van der Waals surface area contributed by atoms with Gasteiger partial charge >= 0.3 is 0 Å². The zero-order valence-electron chi connectivity index (χ0n) is 9.44. The Morgan fingerprint density at radius 3 is 2.82 bits per heavy atom. The van der Waals surface area contributed by atoms with E-state index in [4.69, 9.17) is 0 Å². The van der Waals surface area contributed by atoms with Crippen LogP contribution in [0.2, 0.25) is 0 Å². The molecule has 0 fully saturated rings. The van der Waals surface area contributed by atoms with E-state index in [1.165, 1.54) is 29.0 Å². The monoisotopic (exact) mass is 272 g/mol. The lowest BCUT2D eigenvalue weighted by atomic mass is 10.6. The fraction of sp³-hybridized carbons (Fsp3) is 0.333. The van der Waals surface area contributed by atoms with Crippen molar-refractivity contribution in [3.8, 4) is 0 Å². The smallest absolute Gasteiger partial charge is 0.252 e. The summed E-state index contributed by atoms with van der Waals surface area (Å²) >= 11 is 1.20. The van der Waals surface area contributed by atoms with Crippen molar-refractivity contribution in [3.63, 3.8) is 0 Å². The summed E-state index contributed by atoms with van der Waals surface area (Å²) in [6, 6.07) is 3.31. The number of rotatable bonds is 4. The minimum Gasteiger partial charge on any atom is -0.252 e. The van der Waals surface area contributed by atoms with Gasteiger partial charge in [-0.3, -0.25) is 4.68 Å². The maximum absolute atomic E-state index is 12.1. The van der Waals surface area contributed by atoms with Crippen molar-refractivity contribution in [1.82, 2.24) is 19.1 Å². The van der Waals surface area contributed by atoms with E-state index in [1.54, 1.807) is 29.2 Å². The van der Waals surface area contributed by atoms with E-state index in [2.05, 4.69) is 10.1 Å². The van der Waals surface area contributed by atoms with E-state index in [-0.39, 0.29) is 6.54 Å². The molecule has 0 bridgehead atoms. The summed E-state index contributed by atoms with van der Waals surface area (Å²) < 4.78 is 27.4. The summed E-state index contributed by atoms with van der Waals surface area (Å²) in [4.78, 5) is 4.00. The molecule has 0 atom stereocenters. The van der Waals surface area contributed by atoms with Crippen LogP contribution in [-0.4, -0.2) is 34.5 Å². The van der Waals surface area contributed by atoms with Crippen LogP contribution in [-0.2, 0) is 23.6 Å². The number of hydrogen-bond donors (Lipinski definition) is 0. The number of hydrogen-bond acceptors (Lipinski definition) is 5. The predicted molar refractivity (Wildman–Crippen MR) is 64.0 cm³/mol. The summed E-state index contributed by atoms with van der Waals surface area (Å²) in [5, 5.41) is 5.64. The fourth-order valence-corrected chi connectivity index (χ4v) is 3.64. The topological polar surface area (TPSA) is 68.1 Å². The Balaban J connectivity index is 2.22. The highest BCUT2D eigenvalue weighted by molar-refractivity contribution is 7.91. The molecule has 0 aliphatic carbocycles. The third kappa shape index (κ3) is 2.38. The number of aryl methyl sites for hydroxylation is 1. The summed E-state index contributed by atoms with van der Waals surface area (Å²) in [6.07, 6.45) is 1.40. The van der Waals surface area contributed by atoms with Gasteiger partial charge in [0.25, 0.3) is 10.0 Å². The average molecular weight is 272 g/mol. The fourth-order valence-electron chi connectivity index (χ4n) is 1.31. The van der Waals surface area contributed by atoms with Crippen LogP contribution < -0.4 is 0 Å². The molecule has 0 aliphatic heterocycles. The van der Waals surface area contributed by atoms with Crippen molar-refractivity contribution in [1.29, 1.82) is 0 Å². The van der Waals surface area contributed by atoms with Gasteiger partial charge in [0, 0.05) is 14.1 Å². The predicted octanol–water partition coefficient (Wildman–Crippen LogP) is 0.697. The molecule has 0 radical (unpaired) electrons. The molecule has 0 aromatic carbocycles. The minimum atomic E-state index is -3.42. The Labute approximate surface area is 104 Å². The Hall–Kier alpha value is -1.25. The second kappa shape index (κ2) is 4.55. The lowest BCUT2D eigenvalue weighted by Crippen LogP contribution is -2.27. The molecular weight excluding hydrogens is 260 g/mol. The van der Waals surface area contributed by atoms with Gasteiger partial charge in [-0.2, -0.15) is 9.40 Å². The Morgan fingerprint density at radius 1 is 1.53 bits per heavy atom. The molecule has 2 aromatic heterocycles. The van der Waals surface area contributed by atoms with Crippen molar-refractivity contribution in [2.45, 2.75) is 10.8 Å². The number of nitrogens with zero attached hydrogens (tertiary/aromatic N) is 4. The van der Waals surface area contributed by atoms with Gasteiger partial charge in [-0.1, -0.05) is 6.07 Å². The second-order valence-electron chi connectivity index (χ2n) is 3.49. The highest BCUT2D eigenvalue weighted by Gasteiger charge is 2.22. The Kier molecular flexibility index (Phi) is 3.27. The van der Waals surface area contributed by atoms with Crippen LogP contribution in [0.4, 0.5) is 0 Å². The van der Waals surface area contributed by atoms with Crippen molar-refractivity contribution < 1.29 is 8.42 Å². The molecule has 0 saturated carbocycles. The molecule has 0 N–H and O–H groups in total. The van der Waals surface area contributed by atoms with E-state index in [9.17, 15) is 8.42 Å². The van der Waals surface area contributed by atoms with E-state index >= 15 is 0 Å². The summed E-state index contributed by atoms with van der Waals surface area (Å²) in [5.41, 5.74) is 0. The molecule has 0 saturated heterocycles. The average Bonchev–Trinajstić information content (AvgIpc) is 2.90. The van der Waals surface area contributed by atoms with Crippen molar-refractivity contribution >= 4 is 21.4 Å². The third-order valence-corrected chi connectivity index (χ3v) is 5.51. The van der Waals surface area contributed by atoms with E-state index in [0.29, 0.717) is 10.0 Å². The molecule has 6 nitrogen and oxygen atoms in total. The first-order valence-electron chi connectivity index (χ1n) is 4.84. The highest BCUT2D eigenvalue weighted by Crippen LogP contribution is 2.20. The SMILES string of the molecule is CN(Cc1ncnn1C)S(=O)(=O)c1cccs1. The molecule has 2 aromatic rings. The molecule has 17 heavy (non-hydrogen) atoms.